The quantitative estimate of drug-likeness (QED) is 0.690. The summed E-state index contributed by atoms with van der Waals surface area (Å²) >= 11 is 0. The lowest BCUT2D eigenvalue weighted by atomic mass is 9.92. The average Bonchev–Trinajstić information content (AvgIpc) is 2.21. The molecule has 0 bridgehead atoms. The van der Waals surface area contributed by atoms with Gasteiger partial charge in [-0.05, 0) is 25.7 Å². The van der Waals surface area contributed by atoms with E-state index >= 15 is 0 Å². The molecule has 0 aliphatic heterocycles. The smallest absolute Gasteiger partial charge is 0.106 e. The molecule has 3 nitrogen and oxygen atoms in total. The van der Waals surface area contributed by atoms with Gasteiger partial charge in [0.1, 0.15) is 6.10 Å². The number of aliphatic hydroxyl groups is 1. The molecule has 1 N–H and O–H groups in total. The van der Waals surface area contributed by atoms with E-state index in [2.05, 4.69) is 6.92 Å². The van der Waals surface area contributed by atoms with Gasteiger partial charge in [-0.2, -0.15) is 0 Å². The van der Waals surface area contributed by atoms with Crippen molar-refractivity contribution in [3.05, 3.63) is 0 Å². The topological polar surface area (TPSA) is 38.7 Å². The van der Waals surface area contributed by atoms with E-state index in [1.54, 1.807) is 7.11 Å². The van der Waals surface area contributed by atoms with Crippen molar-refractivity contribution in [3.63, 3.8) is 0 Å². The molecule has 0 aromatic carbocycles. The maximum atomic E-state index is 9.88. The van der Waals surface area contributed by atoms with E-state index in [0.717, 1.165) is 38.7 Å². The maximum Gasteiger partial charge on any atom is 0.106 e. The highest BCUT2D eigenvalue weighted by Gasteiger charge is 2.32. The highest BCUT2D eigenvalue weighted by Crippen LogP contribution is 2.23. The van der Waals surface area contributed by atoms with Gasteiger partial charge in [0, 0.05) is 13.7 Å². The molecule has 0 aromatic heterocycles. The molecule has 0 saturated heterocycles. The number of methoxy groups -OCH3 is 1. The fraction of sp³-hybridized carbons (Fsp3) is 1.00. The molecule has 1 aliphatic carbocycles. The van der Waals surface area contributed by atoms with Crippen molar-refractivity contribution in [1.82, 2.24) is 0 Å². The van der Waals surface area contributed by atoms with Crippen molar-refractivity contribution in [2.45, 2.75) is 57.3 Å². The zero-order chi connectivity index (χ0) is 10.4. The van der Waals surface area contributed by atoms with Crippen molar-refractivity contribution in [2.75, 3.05) is 13.7 Å². The predicted octanol–water partition coefficient (Wildman–Crippen LogP) is 1.73. The lowest BCUT2D eigenvalue weighted by Crippen LogP contribution is -2.43. The minimum Gasteiger partial charge on any atom is -0.388 e. The molecule has 0 unspecified atom stereocenters. The molecule has 3 heteroatoms. The van der Waals surface area contributed by atoms with Crippen molar-refractivity contribution >= 4 is 0 Å². The summed E-state index contributed by atoms with van der Waals surface area (Å²) in [6.07, 6.45) is 4.72. The summed E-state index contributed by atoms with van der Waals surface area (Å²) in [6.45, 7) is 2.90. The summed E-state index contributed by atoms with van der Waals surface area (Å²) < 4.78 is 10.8. The van der Waals surface area contributed by atoms with E-state index in [1.807, 2.05) is 0 Å². The van der Waals surface area contributed by atoms with Crippen LogP contribution in [0.4, 0.5) is 0 Å². The Kier molecular flexibility index (Phi) is 5.45. The van der Waals surface area contributed by atoms with Gasteiger partial charge in [0.15, 0.2) is 0 Å². The molecule has 0 heterocycles. The van der Waals surface area contributed by atoms with Crippen LogP contribution in [0.1, 0.15) is 39.0 Å². The van der Waals surface area contributed by atoms with E-state index in [-0.39, 0.29) is 12.2 Å². The van der Waals surface area contributed by atoms with Crippen LogP contribution >= 0.6 is 0 Å². The average molecular weight is 202 g/mol. The number of hydrogen-bond acceptors (Lipinski definition) is 3. The summed E-state index contributed by atoms with van der Waals surface area (Å²) in [5, 5.41) is 9.88. The second kappa shape index (κ2) is 6.38. The molecule has 1 aliphatic rings. The van der Waals surface area contributed by atoms with Crippen LogP contribution in [-0.4, -0.2) is 37.1 Å². The Bertz CT molecular complexity index is 149. The van der Waals surface area contributed by atoms with Crippen molar-refractivity contribution in [1.29, 1.82) is 0 Å². The first-order valence-electron chi connectivity index (χ1n) is 5.62. The maximum absolute atomic E-state index is 9.88. The van der Waals surface area contributed by atoms with Gasteiger partial charge in [0.25, 0.3) is 0 Å². The number of rotatable bonds is 5. The lowest BCUT2D eigenvalue weighted by molar-refractivity contribution is -0.124. The van der Waals surface area contributed by atoms with Gasteiger partial charge in [0.2, 0.25) is 0 Å². The van der Waals surface area contributed by atoms with E-state index in [0.29, 0.717) is 0 Å². The Morgan fingerprint density at radius 2 is 2.00 bits per heavy atom. The van der Waals surface area contributed by atoms with Crippen LogP contribution in [0, 0.1) is 0 Å². The van der Waals surface area contributed by atoms with Gasteiger partial charge >= 0.3 is 0 Å². The minimum atomic E-state index is -0.439. The third-order valence-electron chi connectivity index (χ3n) is 2.87. The zero-order valence-corrected chi connectivity index (χ0v) is 9.24. The third kappa shape index (κ3) is 3.23. The number of unbranched alkanes of at least 4 members (excludes halogenated alkanes) is 1. The molecule has 84 valence electrons. The first-order chi connectivity index (χ1) is 6.79. The summed E-state index contributed by atoms with van der Waals surface area (Å²) in [6, 6.07) is 0. The molecule has 14 heavy (non-hydrogen) atoms. The van der Waals surface area contributed by atoms with Crippen LogP contribution in [0.15, 0.2) is 0 Å². The Balaban J connectivity index is 2.28. The Labute approximate surface area is 86.4 Å². The fourth-order valence-electron chi connectivity index (χ4n) is 1.92. The molecular formula is C11H22O3. The molecule has 1 rings (SSSR count). The number of hydrogen-bond donors (Lipinski definition) is 1. The molecule has 0 spiro atoms. The molecular weight excluding hydrogens is 180 g/mol. The van der Waals surface area contributed by atoms with Gasteiger partial charge in [-0.15, -0.1) is 0 Å². The van der Waals surface area contributed by atoms with Crippen molar-refractivity contribution in [2.24, 2.45) is 0 Å². The van der Waals surface area contributed by atoms with Crippen molar-refractivity contribution < 1.29 is 14.6 Å². The minimum absolute atomic E-state index is 0.0137. The second-order valence-electron chi connectivity index (χ2n) is 3.96. The van der Waals surface area contributed by atoms with Crippen LogP contribution in [0.3, 0.4) is 0 Å². The largest absolute Gasteiger partial charge is 0.388 e. The summed E-state index contributed by atoms with van der Waals surface area (Å²) in [5.41, 5.74) is 0. The first kappa shape index (κ1) is 12.0. The first-order valence-corrected chi connectivity index (χ1v) is 5.62. The van der Waals surface area contributed by atoms with Gasteiger partial charge in [0.05, 0.1) is 12.2 Å². The number of ether oxygens (including phenoxy) is 2. The Hall–Kier alpha value is -0.120. The summed E-state index contributed by atoms with van der Waals surface area (Å²) in [7, 11) is 1.66. The van der Waals surface area contributed by atoms with E-state index in [9.17, 15) is 5.11 Å². The summed E-state index contributed by atoms with van der Waals surface area (Å²) in [5.74, 6) is 0. The molecule has 0 aromatic rings. The van der Waals surface area contributed by atoms with Gasteiger partial charge < -0.3 is 14.6 Å². The lowest BCUT2D eigenvalue weighted by Gasteiger charge is -2.33. The van der Waals surface area contributed by atoms with Crippen LogP contribution in [0.2, 0.25) is 0 Å². The second-order valence-corrected chi connectivity index (χ2v) is 3.96. The highest BCUT2D eigenvalue weighted by molar-refractivity contribution is 4.83. The zero-order valence-electron chi connectivity index (χ0n) is 9.24. The van der Waals surface area contributed by atoms with E-state index < -0.39 is 6.10 Å². The standard InChI is InChI=1S/C11H22O3/c1-3-4-8-14-10-7-5-6-9(13-2)11(10)12/h9-12H,3-8H2,1-2H3/t9-,10-,11+/m1/s1. The van der Waals surface area contributed by atoms with Gasteiger partial charge in [-0.25, -0.2) is 0 Å². The molecule has 3 atom stereocenters. The highest BCUT2D eigenvalue weighted by atomic mass is 16.5. The monoisotopic (exact) mass is 202 g/mol. The molecule has 0 radical (unpaired) electrons. The third-order valence-corrected chi connectivity index (χ3v) is 2.87. The van der Waals surface area contributed by atoms with Gasteiger partial charge in [-0.3, -0.25) is 0 Å². The SMILES string of the molecule is CCCCO[C@@H]1CCC[C@@H](OC)[C@@H]1O. The van der Waals surface area contributed by atoms with Crippen LogP contribution in [-0.2, 0) is 9.47 Å². The molecule has 0 amide bonds. The van der Waals surface area contributed by atoms with Gasteiger partial charge in [-0.1, -0.05) is 13.3 Å². The summed E-state index contributed by atoms with van der Waals surface area (Å²) in [4.78, 5) is 0. The predicted molar refractivity (Wildman–Crippen MR) is 55.3 cm³/mol. The van der Waals surface area contributed by atoms with Crippen molar-refractivity contribution in [3.8, 4) is 0 Å². The molecule has 1 saturated carbocycles. The normalized spacial score (nSPS) is 33.2. The fourth-order valence-corrected chi connectivity index (χ4v) is 1.92. The van der Waals surface area contributed by atoms with Crippen LogP contribution < -0.4 is 0 Å². The molecule has 1 fully saturated rings. The van der Waals surface area contributed by atoms with E-state index in [4.69, 9.17) is 9.47 Å². The Morgan fingerprint density at radius 1 is 1.29 bits per heavy atom. The Morgan fingerprint density at radius 3 is 2.64 bits per heavy atom. The van der Waals surface area contributed by atoms with Crippen LogP contribution in [0.25, 0.3) is 0 Å². The van der Waals surface area contributed by atoms with Crippen LogP contribution in [0.5, 0.6) is 0 Å². The number of aliphatic hydroxyl groups excluding tert-OH is 1. The van der Waals surface area contributed by atoms with E-state index in [1.165, 1.54) is 0 Å².